The van der Waals surface area contributed by atoms with E-state index in [1.807, 2.05) is 0 Å². The molecule has 1 aromatic rings. The summed E-state index contributed by atoms with van der Waals surface area (Å²) in [4.78, 5) is 3.79. The zero-order valence-corrected chi connectivity index (χ0v) is 10.5. The average molecular weight is 224 g/mol. The number of hydrogen-bond donors (Lipinski definition) is 1. The molecule has 0 amide bonds. The molecule has 0 spiro atoms. The van der Waals surface area contributed by atoms with E-state index in [1.54, 1.807) is 12.3 Å². The van der Waals surface area contributed by atoms with E-state index in [0.717, 1.165) is 13.0 Å². The van der Waals surface area contributed by atoms with E-state index in [2.05, 4.69) is 38.0 Å². The SMILES string of the molecule is CCCNC(c1ccncc1F)C(C)(C)C. The molecule has 2 nitrogen and oxygen atoms in total. The summed E-state index contributed by atoms with van der Waals surface area (Å²) in [6.45, 7) is 9.33. The van der Waals surface area contributed by atoms with Crippen LogP contribution in [0.5, 0.6) is 0 Å². The lowest BCUT2D eigenvalue weighted by atomic mass is 9.82. The van der Waals surface area contributed by atoms with Crippen LogP contribution in [0.3, 0.4) is 0 Å². The van der Waals surface area contributed by atoms with Crippen molar-refractivity contribution in [1.29, 1.82) is 0 Å². The number of rotatable bonds is 4. The minimum atomic E-state index is -0.231. The number of nitrogens with one attached hydrogen (secondary N) is 1. The van der Waals surface area contributed by atoms with Gasteiger partial charge in [-0.15, -0.1) is 0 Å². The standard InChI is InChI=1S/C13H21FN2/c1-5-7-16-12(13(2,3)4)10-6-8-15-9-11(10)14/h6,8-9,12,16H,5,7H2,1-4H3. The molecular formula is C13H21FN2. The van der Waals surface area contributed by atoms with Gasteiger partial charge < -0.3 is 5.32 Å². The molecule has 0 radical (unpaired) electrons. The molecule has 0 aliphatic heterocycles. The maximum absolute atomic E-state index is 13.7. The van der Waals surface area contributed by atoms with Gasteiger partial charge in [-0.2, -0.15) is 0 Å². The lowest BCUT2D eigenvalue weighted by Gasteiger charge is -2.32. The summed E-state index contributed by atoms with van der Waals surface area (Å²) in [5.41, 5.74) is 0.688. The summed E-state index contributed by atoms with van der Waals surface area (Å²) >= 11 is 0. The molecule has 1 heterocycles. The van der Waals surface area contributed by atoms with Gasteiger partial charge in [0.15, 0.2) is 0 Å². The van der Waals surface area contributed by atoms with Crippen LogP contribution in [0.4, 0.5) is 4.39 Å². The zero-order valence-electron chi connectivity index (χ0n) is 10.5. The van der Waals surface area contributed by atoms with Crippen LogP contribution in [0.2, 0.25) is 0 Å². The van der Waals surface area contributed by atoms with Gasteiger partial charge in [-0.3, -0.25) is 4.98 Å². The Kier molecular flexibility index (Phi) is 4.42. The number of hydrogen-bond acceptors (Lipinski definition) is 2. The number of aromatic nitrogens is 1. The third kappa shape index (κ3) is 3.27. The Morgan fingerprint density at radius 3 is 2.62 bits per heavy atom. The largest absolute Gasteiger partial charge is 0.309 e. The van der Waals surface area contributed by atoms with Gasteiger partial charge in [0.2, 0.25) is 0 Å². The molecular weight excluding hydrogens is 203 g/mol. The fourth-order valence-corrected chi connectivity index (χ4v) is 1.79. The van der Waals surface area contributed by atoms with Crippen LogP contribution >= 0.6 is 0 Å². The monoisotopic (exact) mass is 224 g/mol. The van der Waals surface area contributed by atoms with E-state index in [1.165, 1.54) is 6.20 Å². The van der Waals surface area contributed by atoms with Crippen LogP contribution < -0.4 is 5.32 Å². The van der Waals surface area contributed by atoms with E-state index in [9.17, 15) is 4.39 Å². The molecule has 0 aliphatic carbocycles. The Balaban J connectivity index is 2.97. The van der Waals surface area contributed by atoms with Crippen molar-refractivity contribution in [3.63, 3.8) is 0 Å². The topological polar surface area (TPSA) is 24.9 Å². The summed E-state index contributed by atoms with van der Waals surface area (Å²) < 4.78 is 13.7. The predicted molar refractivity (Wildman–Crippen MR) is 64.7 cm³/mol. The van der Waals surface area contributed by atoms with E-state index in [-0.39, 0.29) is 17.3 Å². The first-order valence-corrected chi connectivity index (χ1v) is 5.79. The number of halogens is 1. The Hall–Kier alpha value is -0.960. The Morgan fingerprint density at radius 1 is 1.44 bits per heavy atom. The highest BCUT2D eigenvalue weighted by molar-refractivity contribution is 5.19. The van der Waals surface area contributed by atoms with E-state index >= 15 is 0 Å². The molecule has 1 rings (SSSR count). The Bertz CT molecular complexity index is 331. The maximum Gasteiger partial charge on any atom is 0.146 e. The van der Waals surface area contributed by atoms with Crippen molar-refractivity contribution in [3.05, 3.63) is 29.8 Å². The third-order valence-electron chi connectivity index (χ3n) is 2.58. The minimum Gasteiger partial charge on any atom is -0.309 e. The van der Waals surface area contributed by atoms with E-state index < -0.39 is 0 Å². The van der Waals surface area contributed by atoms with Gasteiger partial charge >= 0.3 is 0 Å². The average Bonchev–Trinajstić information content (AvgIpc) is 2.19. The van der Waals surface area contributed by atoms with E-state index in [0.29, 0.717) is 5.56 Å². The fourth-order valence-electron chi connectivity index (χ4n) is 1.79. The fraction of sp³-hybridized carbons (Fsp3) is 0.615. The maximum atomic E-state index is 13.7. The molecule has 1 atom stereocenters. The normalized spacial score (nSPS) is 13.8. The highest BCUT2D eigenvalue weighted by atomic mass is 19.1. The highest BCUT2D eigenvalue weighted by Gasteiger charge is 2.27. The predicted octanol–water partition coefficient (Wildman–Crippen LogP) is 3.31. The Morgan fingerprint density at radius 2 is 2.12 bits per heavy atom. The minimum absolute atomic E-state index is 0.0165. The van der Waals surface area contributed by atoms with Crippen LogP contribution in [0.25, 0.3) is 0 Å². The summed E-state index contributed by atoms with van der Waals surface area (Å²) in [6.07, 6.45) is 3.96. The first kappa shape index (κ1) is 13.1. The van der Waals surface area contributed by atoms with Crippen molar-refractivity contribution in [2.75, 3.05) is 6.54 Å². The zero-order chi connectivity index (χ0) is 12.2. The molecule has 1 aromatic heterocycles. The summed E-state index contributed by atoms with van der Waals surface area (Å²) in [7, 11) is 0. The molecule has 90 valence electrons. The second-order valence-corrected chi connectivity index (χ2v) is 5.15. The molecule has 0 saturated heterocycles. The third-order valence-corrected chi connectivity index (χ3v) is 2.58. The molecule has 16 heavy (non-hydrogen) atoms. The molecule has 1 N–H and O–H groups in total. The van der Waals surface area contributed by atoms with E-state index in [4.69, 9.17) is 0 Å². The molecule has 0 fully saturated rings. The van der Waals surface area contributed by atoms with Crippen molar-refractivity contribution in [2.24, 2.45) is 5.41 Å². The van der Waals surface area contributed by atoms with Crippen LogP contribution in [-0.2, 0) is 0 Å². The lowest BCUT2D eigenvalue weighted by Crippen LogP contribution is -2.33. The summed E-state index contributed by atoms with van der Waals surface area (Å²) in [5.74, 6) is -0.231. The van der Waals surface area contributed by atoms with Crippen LogP contribution in [-0.4, -0.2) is 11.5 Å². The highest BCUT2D eigenvalue weighted by Crippen LogP contribution is 2.33. The van der Waals surface area contributed by atoms with Gasteiger partial charge in [-0.1, -0.05) is 27.7 Å². The second-order valence-electron chi connectivity index (χ2n) is 5.15. The molecule has 3 heteroatoms. The van der Waals surface area contributed by atoms with Gasteiger partial charge in [0.25, 0.3) is 0 Å². The van der Waals surface area contributed by atoms with Crippen molar-refractivity contribution in [1.82, 2.24) is 10.3 Å². The second kappa shape index (κ2) is 5.39. The van der Waals surface area contributed by atoms with Crippen molar-refractivity contribution in [3.8, 4) is 0 Å². The van der Waals surface area contributed by atoms with Crippen LogP contribution in [0.15, 0.2) is 18.5 Å². The smallest absolute Gasteiger partial charge is 0.146 e. The first-order chi connectivity index (χ1) is 7.46. The molecule has 0 aromatic carbocycles. The first-order valence-electron chi connectivity index (χ1n) is 5.79. The summed E-state index contributed by atoms with van der Waals surface area (Å²) in [5, 5.41) is 3.40. The summed E-state index contributed by atoms with van der Waals surface area (Å²) in [6, 6.07) is 1.78. The quantitative estimate of drug-likeness (QED) is 0.848. The van der Waals surface area contributed by atoms with Gasteiger partial charge in [0, 0.05) is 17.8 Å². The van der Waals surface area contributed by atoms with Crippen LogP contribution in [0.1, 0.15) is 45.7 Å². The van der Waals surface area contributed by atoms with Gasteiger partial charge in [-0.25, -0.2) is 4.39 Å². The number of pyridine rings is 1. The number of nitrogens with zero attached hydrogens (tertiary/aromatic N) is 1. The van der Waals surface area contributed by atoms with Gasteiger partial charge in [0.05, 0.1) is 6.20 Å². The molecule has 0 saturated carbocycles. The van der Waals surface area contributed by atoms with Crippen molar-refractivity contribution in [2.45, 2.75) is 40.2 Å². The van der Waals surface area contributed by atoms with Gasteiger partial charge in [0.1, 0.15) is 5.82 Å². The molecule has 1 unspecified atom stereocenters. The van der Waals surface area contributed by atoms with Crippen molar-refractivity contribution < 1.29 is 4.39 Å². The van der Waals surface area contributed by atoms with Crippen LogP contribution in [0, 0.1) is 11.2 Å². The molecule has 0 aliphatic rings. The lowest BCUT2D eigenvalue weighted by molar-refractivity contribution is 0.266. The van der Waals surface area contributed by atoms with Crippen molar-refractivity contribution >= 4 is 0 Å². The Labute approximate surface area is 97.3 Å². The molecule has 0 bridgehead atoms. The van der Waals surface area contributed by atoms with Gasteiger partial charge in [-0.05, 0) is 24.4 Å².